The molecule has 0 radical (unpaired) electrons. The van der Waals surface area contributed by atoms with Crippen LogP contribution in [0.3, 0.4) is 0 Å². The molecular weight excluding hydrogens is 188 g/mol. The Morgan fingerprint density at radius 3 is 2.67 bits per heavy atom. The van der Waals surface area contributed by atoms with Crippen LogP contribution in [0.2, 0.25) is 0 Å². The lowest BCUT2D eigenvalue weighted by Gasteiger charge is -2.27. The molecule has 0 aliphatic carbocycles. The van der Waals surface area contributed by atoms with Gasteiger partial charge < -0.3 is 10.1 Å². The van der Waals surface area contributed by atoms with Crippen LogP contribution in [0, 0.1) is 0 Å². The normalized spacial score (nSPS) is 21.4. The van der Waals surface area contributed by atoms with Crippen molar-refractivity contribution in [3.63, 3.8) is 0 Å². The highest BCUT2D eigenvalue weighted by molar-refractivity contribution is 4.80. The average Bonchev–Trinajstić information content (AvgIpc) is 2.76. The molecule has 1 fully saturated rings. The fraction of sp³-hybridized carbons (Fsp3) is 1.00. The number of nitrogens with one attached hydrogen (secondary N) is 1. The second-order valence-corrected chi connectivity index (χ2v) is 4.29. The van der Waals surface area contributed by atoms with Gasteiger partial charge in [0.05, 0.1) is 6.61 Å². The van der Waals surface area contributed by atoms with Crippen LogP contribution in [0.5, 0.6) is 0 Å². The molecule has 1 N–H and O–H groups in total. The minimum atomic E-state index is 0.746. The van der Waals surface area contributed by atoms with Crippen LogP contribution in [0.25, 0.3) is 0 Å². The third-order valence-electron chi connectivity index (χ3n) is 2.93. The van der Waals surface area contributed by atoms with E-state index in [0.29, 0.717) is 0 Å². The van der Waals surface area contributed by atoms with Crippen molar-refractivity contribution in [3.05, 3.63) is 0 Å². The van der Waals surface area contributed by atoms with Crippen molar-refractivity contribution in [1.82, 2.24) is 10.2 Å². The van der Waals surface area contributed by atoms with Crippen molar-refractivity contribution < 1.29 is 4.74 Å². The SMILES string of the molecule is CCCOCCN(CCC)C1CCNC1. The molecule has 0 amide bonds. The maximum Gasteiger partial charge on any atom is 0.0593 e. The smallest absolute Gasteiger partial charge is 0.0593 e. The van der Waals surface area contributed by atoms with Gasteiger partial charge in [0, 0.05) is 25.7 Å². The van der Waals surface area contributed by atoms with Crippen molar-refractivity contribution in [1.29, 1.82) is 0 Å². The molecule has 0 aromatic carbocycles. The van der Waals surface area contributed by atoms with E-state index in [1.807, 2.05) is 0 Å². The molecule has 0 aromatic rings. The fourth-order valence-corrected chi connectivity index (χ4v) is 2.14. The fourth-order valence-electron chi connectivity index (χ4n) is 2.14. The Morgan fingerprint density at radius 2 is 2.07 bits per heavy atom. The van der Waals surface area contributed by atoms with Crippen LogP contribution in [-0.4, -0.2) is 50.3 Å². The summed E-state index contributed by atoms with van der Waals surface area (Å²) >= 11 is 0. The number of hydrogen-bond acceptors (Lipinski definition) is 3. The lowest BCUT2D eigenvalue weighted by atomic mass is 10.2. The Labute approximate surface area is 94.2 Å². The summed E-state index contributed by atoms with van der Waals surface area (Å²) in [7, 11) is 0. The lowest BCUT2D eigenvalue weighted by molar-refractivity contribution is 0.0900. The van der Waals surface area contributed by atoms with Gasteiger partial charge in [-0.15, -0.1) is 0 Å². The molecule has 15 heavy (non-hydrogen) atoms. The molecule has 0 bridgehead atoms. The predicted molar refractivity (Wildman–Crippen MR) is 64.2 cm³/mol. The summed E-state index contributed by atoms with van der Waals surface area (Å²) < 4.78 is 5.56. The van der Waals surface area contributed by atoms with Gasteiger partial charge in [-0.2, -0.15) is 0 Å². The van der Waals surface area contributed by atoms with Crippen LogP contribution in [0.4, 0.5) is 0 Å². The molecule has 1 atom stereocenters. The molecule has 1 saturated heterocycles. The van der Waals surface area contributed by atoms with Gasteiger partial charge in [0.15, 0.2) is 0 Å². The Bertz CT molecular complexity index is 147. The van der Waals surface area contributed by atoms with Gasteiger partial charge in [0.25, 0.3) is 0 Å². The Kier molecular flexibility index (Phi) is 6.98. The topological polar surface area (TPSA) is 24.5 Å². The Balaban J connectivity index is 2.17. The zero-order valence-corrected chi connectivity index (χ0v) is 10.3. The maximum atomic E-state index is 5.56. The maximum absolute atomic E-state index is 5.56. The number of rotatable bonds is 8. The summed E-state index contributed by atoms with van der Waals surface area (Å²) in [5, 5.41) is 3.43. The molecule has 0 aromatic heterocycles. The summed E-state index contributed by atoms with van der Waals surface area (Å²) in [5.41, 5.74) is 0. The first-order chi connectivity index (χ1) is 7.38. The van der Waals surface area contributed by atoms with Gasteiger partial charge in [-0.05, 0) is 32.4 Å². The molecule has 1 aliphatic heterocycles. The third kappa shape index (κ3) is 4.96. The largest absolute Gasteiger partial charge is 0.380 e. The average molecular weight is 214 g/mol. The third-order valence-corrected chi connectivity index (χ3v) is 2.93. The summed E-state index contributed by atoms with van der Waals surface area (Å²) in [6.45, 7) is 10.9. The molecule has 0 spiro atoms. The van der Waals surface area contributed by atoms with E-state index in [2.05, 4.69) is 24.1 Å². The Hall–Kier alpha value is -0.120. The monoisotopic (exact) mass is 214 g/mol. The van der Waals surface area contributed by atoms with Gasteiger partial charge in [-0.25, -0.2) is 0 Å². The zero-order chi connectivity index (χ0) is 10.9. The van der Waals surface area contributed by atoms with Crippen molar-refractivity contribution in [2.75, 3.05) is 39.4 Å². The van der Waals surface area contributed by atoms with Crippen molar-refractivity contribution in [2.24, 2.45) is 0 Å². The summed E-state index contributed by atoms with van der Waals surface area (Å²) in [5.74, 6) is 0. The van der Waals surface area contributed by atoms with E-state index in [-0.39, 0.29) is 0 Å². The quantitative estimate of drug-likeness (QED) is 0.620. The minimum absolute atomic E-state index is 0.746. The molecule has 90 valence electrons. The second-order valence-electron chi connectivity index (χ2n) is 4.29. The van der Waals surface area contributed by atoms with E-state index >= 15 is 0 Å². The van der Waals surface area contributed by atoms with Crippen molar-refractivity contribution >= 4 is 0 Å². The summed E-state index contributed by atoms with van der Waals surface area (Å²) in [6, 6.07) is 0.746. The van der Waals surface area contributed by atoms with Gasteiger partial charge in [-0.1, -0.05) is 13.8 Å². The first kappa shape index (κ1) is 12.9. The van der Waals surface area contributed by atoms with Crippen LogP contribution in [0.15, 0.2) is 0 Å². The van der Waals surface area contributed by atoms with Gasteiger partial charge in [0.1, 0.15) is 0 Å². The standard InChI is InChI=1S/C12H26N2O/c1-3-7-14(8-10-15-9-4-2)12-5-6-13-11-12/h12-13H,3-11H2,1-2H3. The number of nitrogens with zero attached hydrogens (tertiary/aromatic N) is 1. The molecule has 3 nitrogen and oxygen atoms in total. The van der Waals surface area contributed by atoms with Gasteiger partial charge in [0.2, 0.25) is 0 Å². The van der Waals surface area contributed by atoms with Crippen LogP contribution < -0.4 is 5.32 Å². The first-order valence-electron chi connectivity index (χ1n) is 6.41. The number of hydrogen-bond donors (Lipinski definition) is 1. The van der Waals surface area contributed by atoms with Crippen LogP contribution in [-0.2, 0) is 4.74 Å². The van der Waals surface area contributed by atoms with Crippen LogP contribution in [0.1, 0.15) is 33.1 Å². The van der Waals surface area contributed by atoms with E-state index in [4.69, 9.17) is 4.74 Å². The van der Waals surface area contributed by atoms with Crippen LogP contribution >= 0.6 is 0 Å². The summed E-state index contributed by atoms with van der Waals surface area (Å²) in [6.07, 6.45) is 3.66. The molecule has 1 heterocycles. The minimum Gasteiger partial charge on any atom is -0.380 e. The van der Waals surface area contributed by atoms with Crippen molar-refractivity contribution in [2.45, 2.75) is 39.2 Å². The Morgan fingerprint density at radius 1 is 1.20 bits per heavy atom. The van der Waals surface area contributed by atoms with Gasteiger partial charge >= 0.3 is 0 Å². The van der Waals surface area contributed by atoms with Crippen molar-refractivity contribution in [3.8, 4) is 0 Å². The molecule has 3 heteroatoms. The molecule has 1 aliphatic rings. The van der Waals surface area contributed by atoms with E-state index in [1.165, 1.54) is 25.9 Å². The molecule has 0 saturated carbocycles. The molecule has 1 unspecified atom stereocenters. The highest BCUT2D eigenvalue weighted by Gasteiger charge is 2.20. The van der Waals surface area contributed by atoms with E-state index in [1.54, 1.807) is 0 Å². The van der Waals surface area contributed by atoms with E-state index < -0.39 is 0 Å². The molecule has 1 rings (SSSR count). The zero-order valence-electron chi connectivity index (χ0n) is 10.3. The second kappa shape index (κ2) is 8.08. The van der Waals surface area contributed by atoms with Gasteiger partial charge in [-0.3, -0.25) is 4.90 Å². The predicted octanol–water partition coefficient (Wildman–Crippen LogP) is 1.49. The highest BCUT2D eigenvalue weighted by Crippen LogP contribution is 2.08. The van der Waals surface area contributed by atoms with E-state index in [9.17, 15) is 0 Å². The van der Waals surface area contributed by atoms with E-state index in [0.717, 1.165) is 38.8 Å². The first-order valence-corrected chi connectivity index (χ1v) is 6.41. The molecular formula is C12H26N2O. The highest BCUT2D eigenvalue weighted by atomic mass is 16.5. The summed E-state index contributed by atoms with van der Waals surface area (Å²) in [4.78, 5) is 2.58. The lowest BCUT2D eigenvalue weighted by Crippen LogP contribution is -2.39. The number of ether oxygens (including phenoxy) is 1.